The SMILES string of the molecule is COc1cc(/C=N\Nc2ccnc3cc(Cl)ccc23)cc(OC)c1O. The molecule has 0 amide bonds. The number of anilines is 1. The monoisotopic (exact) mass is 357 g/mol. The fraction of sp³-hybridized carbons (Fsp3) is 0.111. The number of aromatic nitrogens is 1. The molecule has 2 N–H and O–H groups in total. The maximum Gasteiger partial charge on any atom is 0.200 e. The number of nitrogens with zero attached hydrogens (tertiary/aromatic N) is 2. The standard InChI is InChI=1S/C18H16ClN3O3/c1-24-16-7-11(8-17(25-2)18(16)23)10-21-22-14-5-6-20-15-9-12(19)3-4-13(14)15/h3-10,23H,1-2H3,(H,20,22)/b21-10-. The number of ether oxygens (including phenoxy) is 2. The number of pyridine rings is 1. The highest BCUT2D eigenvalue weighted by molar-refractivity contribution is 6.31. The minimum absolute atomic E-state index is 0.0490. The fourth-order valence-electron chi connectivity index (χ4n) is 2.38. The Morgan fingerprint density at radius 2 is 1.84 bits per heavy atom. The van der Waals surface area contributed by atoms with Gasteiger partial charge in [0.15, 0.2) is 11.5 Å². The lowest BCUT2D eigenvalue weighted by atomic mass is 10.2. The van der Waals surface area contributed by atoms with Crippen molar-refractivity contribution in [2.75, 3.05) is 19.6 Å². The molecule has 3 aromatic rings. The minimum atomic E-state index is -0.0490. The number of hydrogen-bond acceptors (Lipinski definition) is 6. The highest BCUT2D eigenvalue weighted by Gasteiger charge is 2.10. The van der Waals surface area contributed by atoms with Crippen molar-refractivity contribution in [1.82, 2.24) is 4.98 Å². The van der Waals surface area contributed by atoms with Crippen molar-refractivity contribution >= 4 is 34.4 Å². The molecule has 6 nitrogen and oxygen atoms in total. The van der Waals surface area contributed by atoms with E-state index in [1.807, 2.05) is 12.1 Å². The molecule has 0 radical (unpaired) electrons. The van der Waals surface area contributed by atoms with Crippen LogP contribution < -0.4 is 14.9 Å². The molecule has 0 aliphatic rings. The summed E-state index contributed by atoms with van der Waals surface area (Å²) in [7, 11) is 2.95. The summed E-state index contributed by atoms with van der Waals surface area (Å²) in [6.45, 7) is 0. The molecule has 7 heteroatoms. The highest BCUT2D eigenvalue weighted by Crippen LogP contribution is 2.36. The van der Waals surface area contributed by atoms with Gasteiger partial charge in [-0.1, -0.05) is 11.6 Å². The molecule has 0 spiro atoms. The lowest BCUT2D eigenvalue weighted by Crippen LogP contribution is -1.95. The molecule has 0 aliphatic carbocycles. The van der Waals surface area contributed by atoms with E-state index in [4.69, 9.17) is 21.1 Å². The van der Waals surface area contributed by atoms with Gasteiger partial charge >= 0.3 is 0 Å². The Morgan fingerprint density at radius 1 is 1.12 bits per heavy atom. The Hall–Kier alpha value is -2.99. The zero-order valence-electron chi connectivity index (χ0n) is 13.7. The molecule has 0 fully saturated rings. The summed E-state index contributed by atoms with van der Waals surface area (Å²) in [6.07, 6.45) is 3.29. The van der Waals surface area contributed by atoms with E-state index in [0.29, 0.717) is 22.1 Å². The number of nitrogens with one attached hydrogen (secondary N) is 1. The first-order valence-electron chi connectivity index (χ1n) is 7.40. The van der Waals surface area contributed by atoms with E-state index in [1.54, 1.807) is 36.7 Å². The molecule has 128 valence electrons. The second kappa shape index (κ2) is 7.27. The van der Waals surface area contributed by atoms with E-state index in [-0.39, 0.29) is 5.75 Å². The number of hydrogen-bond donors (Lipinski definition) is 2. The van der Waals surface area contributed by atoms with Gasteiger partial charge in [0.05, 0.1) is 31.6 Å². The van der Waals surface area contributed by atoms with Crippen LogP contribution in [0, 0.1) is 0 Å². The zero-order chi connectivity index (χ0) is 17.8. The third kappa shape index (κ3) is 3.59. The van der Waals surface area contributed by atoms with E-state index >= 15 is 0 Å². The lowest BCUT2D eigenvalue weighted by molar-refractivity contribution is 0.340. The Morgan fingerprint density at radius 3 is 2.52 bits per heavy atom. The molecule has 0 unspecified atom stereocenters. The number of aromatic hydroxyl groups is 1. The van der Waals surface area contributed by atoms with Gasteiger partial charge in [-0.05, 0) is 36.4 Å². The molecule has 0 saturated carbocycles. The second-order valence-electron chi connectivity index (χ2n) is 5.16. The third-order valence-corrected chi connectivity index (χ3v) is 3.84. The van der Waals surface area contributed by atoms with E-state index in [9.17, 15) is 5.11 Å². The maximum absolute atomic E-state index is 9.93. The lowest BCUT2D eigenvalue weighted by Gasteiger charge is -2.09. The maximum atomic E-state index is 9.93. The van der Waals surface area contributed by atoms with Crippen LogP contribution in [0.15, 0.2) is 47.7 Å². The van der Waals surface area contributed by atoms with Gasteiger partial charge in [-0.15, -0.1) is 0 Å². The molecule has 0 atom stereocenters. The molecule has 0 aliphatic heterocycles. The van der Waals surface area contributed by atoms with Gasteiger partial charge in [-0.2, -0.15) is 5.10 Å². The number of halogens is 1. The normalized spacial score (nSPS) is 11.0. The van der Waals surface area contributed by atoms with Gasteiger partial charge in [0.2, 0.25) is 5.75 Å². The number of fused-ring (bicyclic) bond motifs is 1. The largest absolute Gasteiger partial charge is 0.502 e. The first-order valence-corrected chi connectivity index (χ1v) is 7.78. The summed E-state index contributed by atoms with van der Waals surface area (Å²) in [4.78, 5) is 4.29. The highest BCUT2D eigenvalue weighted by atomic mass is 35.5. The van der Waals surface area contributed by atoms with Crippen LogP contribution in [0.4, 0.5) is 5.69 Å². The summed E-state index contributed by atoms with van der Waals surface area (Å²) >= 11 is 5.99. The van der Waals surface area contributed by atoms with E-state index in [0.717, 1.165) is 16.6 Å². The smallest absolute Gasteiger partial charge is 0.200 e. The van der Waals surface area contributed by atoms with Crippen LogP contribution in [0.5, 0.6) is 17.2 Å². The third-order valence-electron chi connectivity index (χ3n) is 3.61. The fourth-order valence-corrected chi connectivity index (χ4v) is 2.55. The van der Waals surface area contributed by atoms with Crippen molar-refractivity contribution in [2.45, 2.75) is 0 Å². The first-order chi connectivity index (χ1) is 12.1. The van der Waals surface area contributed by atoms with Crippen LogP contribution >= 0.6 is 11.6 Å². The zero-order valence-corrected chi connectivity index (χ0v) is 14.4. The van der Waals surface area contributed by atoms with Crippen molar-refractivity contribution in [3.05, 3.63) is 53.2 Å². The molecule has 0 saturated heterocycles. The Bertz CT molecular complexity index is 919. The number of methoxy groups -OCH3 is 2. The second-order valence-corrected chi connectivity index (χ2v) is 5.60. The van der Waals surface area contributed by atoms with E-state index < -0.39 is 0 Å². The topological polar surface area (TPSA) is 76.0 Å². The number of rotatable bonds is 5. The van der Waals surface area contributed by atoms with E-state index in [1.165, 1.54) is 14.2 Å². The van der Waals surface area contributed by atoms with Crippen LogP contribution in [0.3, 0.4) is 0 Å². The van der Waals surface area contributed by atoms with Gasteiger partial charge in [-0.25, -0.2) is 0 Å². The molecule has 1 aromatic heterocycles. The minimum Gasteiger partial charge on any atom is -0.502 e. The van der Waals surface area contributed by atoms with Crippen LogP contribution in [0.2, 0.25) is 5.02 Å². The number of phenolic OH excluding ortho intramolecular Hbond substituents is 1. The van der Waals surface area contributed by atoms with Crippen LogP contribution in [0.1, 0.15) is 5.56 Å². The van der Waals surface area contributed by atoms with Crippen molar-refractivity contribution in [3.63, 3.8) is 0 Å². The number of benzene rings is 2. The van der Waals surface area contributed by atoms with Crippen LogP contribution in [-0.4, -0.2) is 30.5 Å². The number of phenols is 1. The Kier molecular flexibility index (Phi) is 4.90. The predicted octanol–water partition coefficient (Wildman–Crippen LogP) is 4.06. The van der Waals surface area contributed by atoms with Crippen molar-refractivity contribution in [1.29, 1.82) is 0 Å². The molecule has 25 heavy (non-hydrogen) atoms. The summed E-state index contributed by atoms with van der Waals surface area (Å²) in [5.74, 6) is 0.571. The Labute approximate surface area is 149 Å². The van der Waals surface area contributed by atoms with Crippen molar-refractivity contribution < 1.29 is 14.6 Å². The van der Waals surface area contributed by atoms with Crippen LogP contribution in [-0.2, 0) is 0 Å². The summed E-state index contributed by atoms with van der Waals surface area (Å²) in [5, 5.41) is 15.7. The van der Waals surface area contributed by atoms with Crippen LogP contribution in [0.25, 0.3) is 10.9 Å². The average Bonchev–Trinajstić information content (AvgIpc) is 2.62. The quantitative estimate of drug-likeness (QED) is 0.532. The van der Waals surface area contributed by atoms with Crippen molar-refractivity contribution in [3.8, 4) is 17.2 Å². The number of hydrazone groups is 1. The van der Waals surface area contributed by atoms with Gasteiger partial charge in [0, 0.05) is 22.2 Å². The summed E-state index contributed by atoms with van der Waals surface area (Å²) < 4.78 is 10.3. The molecular formula is C18H16ClN3O3. The van der Waals surface area contributed by atoms with E-state index in [2.05, 4.69) is 15.5 Å². The van der Waals surface area contributed by atoms with Gasteiger partial charge in [0.1, 0.15) is 0 Å². The summed E-state index contributed by atoms with van der Waals surface area (Å²) in [5.41, 5.74) is 5.28. The van der Waals surface area contributed by atoms with Gasteiger partial charge in [-0.3, -0.25) is 10.4 Å². The average molecular weight is 358 g/mol. The van der Waals surface area contributed by atoms with Crippen molar-refractivity contribution in [2.24, 2.45) is 5.10 Å². The Balaban J connectivity index is 1.87. The predicted molar refractivity (Wildman–Crippen MR) is 99.2 cm³/mol. The van der Waals surface area contributed by atoms with Gasteiger partial charge in [0.25, 0.3) is 0 Å². The molecule has 2 aromatic carbocycles. The molecular weight excluding hydrogens is 342 g/mol. The summed E-state index contributed by atoms with van der Waals surface area (Å²) in [6, 6.07) is 10.6. The first kappa shape index (κ1) is 16.9. The molecule has 3 rings (SSSR count). The van der Waals surface area contributed by atoms with Gasteiger partial charge < -0.3 is 14.6 Å². The molecule has 1 heterocycles. The molecule has 0 bridgehead atoms.